The zero-order chi connectivity index (χ0) is 95.1. The normalized spacial score (nSPS) is 12.7. The molecule has 8 aromatic heterocycles. The first kappa shape index (κ1) is 67.3. The van der Waals surface area contributed by atoms with Crippen LogP contribution in [-0.2, 0) is 0 Å². The third-order valence-corrected chi connectivity index (χ3v) is 26.8. The summed E-state index contributed by atoms with van der Waals surface area (Å²) in [6, 6.07) is 121. The molecular weight excluding hydrogens is 1650 g/mol. The van der Waals surface area contributed by atoms with E-state index in [4.69, 9.17) is 40.3 Å². The lowest BCUT2D eigenvalue weighted by Crippen LogP contribution is -2.30. The van der Waals surface area contributed by atoms with E-state index in [1.165, 1.54) is 21.9 Å². The minimum Gasteiger partial charge on any atom is -0.423 e. The van der Waals surface area contributed by atoms with E-state index < -0.39 is 67.5 Å². The maximum absolute atomic E-state index is 10.5. The third-order valence-electron chi connectivity index (χ3n) is 24.2. The largest absolute Gasteiger partial charge is 0.489 e. The molecule has 26 aromatic rings. The fraction of sp³-hybridized carbons (Fsp3) is 0. The van der Waals surface area contributed by atoms with Crippen LogP contribution in [0.5, 0.6) is 0 Å². The van der Waals surface area contributed by atoms with Gasteiger partial charge >= 0.3 is 7.12 Å². The Hall–Kier alpha value is -16.1. The molecule has 0 aliphatic rings. The molecule has 0 spiro atoms. The summed E-state index contributed by atoms with van der Waals surface area (Å²) in [7, 11) is -1.58. The fourth-order valence-corrected chi connectivity index (χ4v) is 21.0. The van der Waals surface area contributed by atoms with Gasteiger partial charge in [-0.1, -0.05) is 327 Å². The van der Waals surface area contributed by atoms with E-state index in [-0.39, 0.29) is 40.0 Å². The van der Waals surface area contributed by atoms with E-state index in [9.17, 15) is 10.0 Å². The molecule has 26 rings (SSSR count). The SMILES string of the molecule is OB(O)c1cc(-n2c3ccccc3c3ccccc32)cc2c1sc1cc(-c3cccc(-c4ccccc4)c3)ccc12.[2H]c1c([2H])c([2H])c(-c2nc(-c3cc(-n4c5ccccc5c5ccccc54)cc4c3sc3cc(-c5cccc(-c6ccccc6)c5)ccc34)nc(-n3c4ccccc4c4ccccc43)n2)c([2H])c1[2H].[2H]c1c([2H])c([2H])c(-c2nc(Cl)nc(-n3c4ccccc4c4ccccc43)n2)c([2H])c1[2H]. The van der Waals surface area contributed by atoms with E-state index in [2.05, 4.69) is 273 Å². The fourth-order valence-electron chi connectivity index (χ4n) is 18.4. The number of nitrogens with zero attached hydrogens (tertiary/aromatic N) is 10. The van der Waals surface area contributed by atoms with E-state index in [1.54, 1.807) is 22.7 Å². The Morgan fingerprint density at radius 2 is 0.562 bits per heavy atom. The summed E-state index contributed by atoms with van der Waals surface area (Å²) < 4.78 is 96.4. The molecule has 130 heavy (non-hydrogen) atoms. The highest BCUT2D eigenvalue weighted by Crippen LogP contribution is 2.47. The van der Waals surface area contributed by atoms with Gasteiger partial charge in [-0.05, 0) is 153 Å². The average molecular weight is 1730 g/mol. The number of hydrogen-bond acceptors (Lipinski definition) is 10. The number of benzene rings is 18. The number of hydrogen-bond donors (Lipinski definition) is 2. The van der Waals surface area contributed by atoms with Gasteiger partial charge in [0.05, 0.1) is 57.8 Å². The lowest BCUT2D eigenvalue weighted by atomic mass is 9.79. The first-order chi connectivity index (χ1) is 68.3. The maximum Gasteiger partial charge on any atom is 0.489 e. The molecule has 0 radical (unpaired) electrons. The van der Waals surface area contributed by atoms with Crippen LogP contribution in [0.25, 0.3) is 230 Å². The van der Waals surface area contributed by atoms with Crippen LogP contribution in [0.4, 0.5) is 0 Å². The first-order valence-corrected chi connectivity index (χ1v) is 44.3. The first-order valence-electron chi connectivity index (χ1n) is 47.3. The average Bonchev–Trinajstić information content (AvgIpc) is 1.62. The zero-order valence-corrected chi connectivity index (χ0v) is 71.2. The monoisotopic (exact) mass is 1730 g/mol. The van der Waals surface area contributed by atoms with Crippen molar-refractivity contribution >= 4 is 174 Å². The van der Waals surface area contributed by atoms with Crippen LogP contribution in [0, 0.1) is 0 Å². The summed E-state index contributed by atoms with van der Waals surface area (Å²) in [5.41, 5.74) is 19.6. The van der Waals surface area contributed by atoms with Gasteiger partial charge in [-0.15, -0.1) is 22.7 Å². The molecule has 0 aliphatic heterocycles. The van der Waals surface area contributed by atoms with Gasteiger partial charge in [0.15, 0.2) is 17.5 Å². The van der Waals surface area contributed by atoms with Crippen LogP contribution in [0.3, 0.4) is 0 Å². The predicted octanol–water partition coefficient (Wildman–Crippen LogP) is 28.6. The molecular formula is C114H72BClN10O2S2. The van der Waals surface area contributed by atoms with Crippen molar-refractivity contribution in [3.63, 3.8) is 0 Å². The Bertz CT molecular complexity index is 9380. The van der Waals surface area contributed by atoms with Crippen molar-refractivity contribution < 1.29 is 23.8 Å². The van der Waals surface area contributed by atoms with Gasteiger partial charge in [-0.3, -0.25) is 9.13 Å². The van der Waals surface area contributed by atoms with Gasteiger partial charge < -0.3 is 19.2 Å². The number of halogens is 1. The minimum absolute atomic E-state index is 0.0269. The van der Waals surface area contributed by atoms with Gasteiger partial charge in [-0.25, -0.2) is 4.98 Å². The predicted molar refractivity (Wildman–Crippen MR) is 542 cm³/mol. The standard InChI is InChI=1S/C57H35N5S.C36H24BNO2S.C21H13ClN4/c1-3-16-36(17-4-1)38-20-15-21-39(32-38)40-30-31-46-47-34-41(61-49-26-11-7-22-42(49)43-23-8-12-27-50(43)61)35-48(54(47)63-53(46)33-40)56-58-55(37-18-5-2-6-19-37)59-57(60-56)62-51-28-13-9-24-44(51)45-25-10-14-29-52(45)62;39-37(40)32-22-27(38-33-15-6-4-13-28(33)29-14-5-7-16-34(29)38)21-31-30-18-17-26(20-35(30)41-36(31)32)25-12-8-11-24(19-25)23-9-2-1-3-10-23;22-20-23-19(14-8-2-1-3-9-14)24-21(25-20)26-17-12-6-4-10-15(17)16-11-5-7-13-18(16)26/h1-35H;1-22,39-40H;1-13H/i2D,5D,6D,18D,19D;;1D,2D,3D,8D,9D. The molecule has 0 unspecified atom stereocenters. The third kappa shape index (κ3) is 13.6. The molecule has 0 aliphatic carbocycles. The second kappa shape index (κ2) is 32.4. The number of rotatable bonds is 12. The van der Waals surface area contributed by atoms with E-state index in [0.29, 0.717) is 16.9 Å². The molecule has 0 atom stereocenters. The molecule has 612 valence electrons. The van der Waals surface area contributed by atoms with Crippen molar-refractivity contribution in [1.29, 1.82) is 0 Å². The second-order valence-electron chi connectivity index (χ2n) is 31.7. The Balaban J connectivity index is 0.000000125. The summed E-state index contributed by atoms with van der Waals surface area (Å²) in [5.74, 6) is 0.633. The minimum atomic E-state index is -1.58. The van der Waals surface area contributed by atoms with Gasteiger partial charge in [0.2, 0.25) is 17.2 Å². The molecule has 0 saturated carbocycles. The number of aromatic nitrogens is 10. The maximum atomic E-state index is 10.5. The van der Waals surface area contributed by atoms with Crippen LogP contribution in [-0.4, -0.2) is 65.3 Å². The van der Waals surface area contributed by atoms with Gasteiger partial charge in [0.25, 0.3) is 0 Å². The Labute approximate surface area is 772 Å². The molecule has 0 saturated heterocycles. The number of thiophene rings is 2. The quantitative estimate of drug-likeness (QED) is 0.115. The van der Waals surface area contributed by atoms with E-state index in [1.807, 2.05) is 124 Å². The summed E-state index contributed by atoms with van der Waals surface area (Å²) in [6.45, 7) is 0. The molecule has 8 heterocycles. The molecule has 0 fully saturated rings. The molecule has 2 N–H and O–H groups in total. The summed E-state index contributed by atoms with van der Waals surface area (Å²) in [4.78, 5) is 28.3. The Kier molecular flexibility index (Phi) is 16.8. The Morgan fingerprint density at radius 3 is 0.962 bits per heavy atom. The zero-order valence-electron chi connectivity index (χ0n) is 78.8. The lowest BCUT2D eigenvalue weighted by molar-refractivity contribution is 0.426. The molecule has 16 heteroatoms. The number of fused-ring (bicyclic) bond motifs is 18. The summed E-state index contributed by atoms with van der Waals surface area (Å²) >= 11 is 9.47. The second-order valence-corrected chi connectivity index (χ2v) is 34.1. The van der Waals surface area contributed by atoms with Crippen molar-refractivity contribution in [1.82, 2.24) is 48.2 Å². The van der Waals surface area contributed by atoms with Crippen molar-refractivity contribution in [3.05, 3.63) is 430 Å². The van der Waals surface area contributed by atoms with E-state index >= 15 is 0 Å². The topological polar surface area (TPSA) is 138 Å². The molecule has 18 aromatic carbocycles. The summed E-state index contributed by atoms with van der Waals surface area (Å²) in [6.07, 6.45) is 0. The van der Waals surface area contributed by atoms with Gasteiger partial charge in [-0.2, -0.15) is 24.9 Å². The van der Waals surface area contributed by atoms with Crippen molar-refractivity contribution in [2.24, 2.45) is 0 Å². The smallest absolute Gasteiger partial charge is 0.423 e. The van der Waals surface area contributed by atoms with Crippen LogP contribution < -0.4 is 5.46 Å². The molecule has 0 amide bonds. The van der Waals surface area contributed by atoms with Crippen LogP contribution in [0.15, 0.2) is 424 Å². The van der Waals surface area contributed by atoms with Crippen LogP contribution in [0.2, 0.25) is 5.28 Å². The highest BCUT2D eigenvalue weighted by Gasteiger charge is 2.27. The summed E-state index contributed by atoms with van der Waals surface area (Å²) in [5, 5.41) is 33.7. The van der Waals surface area contributed by atoms with Gasteiger partial charge in [0.1, 0.15) is 0 Å². The van der Waals surface area contributed by atoms with Gasteiger partial charge in [0, 0.05) is 117 Å². The highest BCUT2D eigenvalue weighted by molar-refractivity contribution is 7.27. The van der Waals surface area contributed by atoms with Crippen molar-refractivity contribution in [2.45, 2.75) is 0 Å². The Morgan fingerprint density at radius 1 is 0.246 bits per heavy atom. The van der Waals surface area contributed by atoms with Crippen LogP contribution >= 0.6 is 34.3 Å². The van der Waals surface area contributed by atoms with Crippen molar-refractivity contribution in [2.75, 3.05) is 0 Å². The van der Waals surface area contributed by atoms with E-state index in [0.717, 1.165) is 162 Å². The molecule has 12 nitrogen and oxygen atoms in total. The lowest BCUT2D eigenvalue weighted by Gasteiger charge is -2.14. The number of para-hydroxylation sites is 8. The van der Waals surface area contributed by atoms with Crippen molar-refractivity contribution in [3.8, 4) is 102 Å². The molecule has 0 bridgehead atoms. The van der Waals surface area contributed by atoms with Crippen LogP contribution in [0.1, 0.15) is 13.7 Å². The highest BCUT2D eigenvalue weighted by atomic mass is 35.5.